The van der Waals surface area contributed by atoms with Crippen LogP contribution in [-0.2, 0) is 0 Å². The molecular formula is C27H25F2N3O4. The van der Waals surface area contributed by atoms with Crippen molar-refractivity contribution in [3.63, 3.8) is 0 Å². The number of hydrogen-bond donors (Lipinski definition) is 1. The van der Waals surface area contributed by atoms with E-state index in [0.29, 0.717) is 11.1 Å². The molecule has 0 saturated carbocycles. The number of hydrogen-bond acceptors (Lipinski definition) is 5. The molecule has 2 atom stereocenters. The Balaban J connectivity index is 1.85. The number of pyridine rings is 1. The molecular weight excluding hydrogens is 468 g/mol. The van der Waals surface area contributed by atoms with E-state index in [0.717, 1.165) is 12.1 Å². The fourth-order valence-corrected chi connectivity index (χ4v) is 4.86. The molecule has 3 aromatic rings. The zero-order valence-corrected chi connectivity index (χ0v) is 19.8. The maximum atomic E-state index is 15.1. The number of benzene rings is 2. The second-order valence-corrected chi connectivity index (χ2v) is 9.14. The Bertz CT molecular complexity index is 1400. The van der Waals surface area contributed by atoms with E-state index in [2.05, 4.69) is 0 Å². The van der Waals surface area contributed by atoms with Crippen molar-refractivity contribution in [2.24, 2.45) is 5.92 Å². The molecule has 1 N–H and O–H groups in total. The van der Waals surface area contributed by atoms with E-state index in [1.807, 2.05) is 44.2 Å². The molecule has 186 valence electrons. The fourth-order valence-electron chi connectivity index (χ4n) is 4.86. The lowest BCUT2D eigenvalue weighted by Gasteiger charge is -2.46. The second kappa shape index (κ2) is 9.14. The zero-order chi connectivity index (χ0) is 25.6. The number of aromatic hydroxyl groups is 1. The van der Waals surface area contributed by atoms with Crippen molar-refractivity contribution < 1.29 is 23.4 Å². The fraction of sp³-hybridized carbons (Fsp3) is 0.259. The molecule has 9 heteroatoms. The molecule has 7 nitrogen and oxygen atoms in total. The van der Waals surface area contributed by atoms with Crippen LogP contribution in [0.15, 0.2) is 71.7 Å². The molecule has 1 amide bonds. The molecule has 2 aliphatic rings. The predicted octanol–water partition coefficient (Wildman–Crippen LogP) is 3.95. The summed E-state index contributed by atoms with van der Waals surface area (Å²) >= 11 is 0. The molecule has 36 heavy (non-hydrogen) atoms. The van der Waals surface area contributed by atoms with Gasteiger partial charge in [0.25, 0.3) is 5.91 Å². The molecule has 2 bridgehead atoms. The monoisotopic (exact) mass is 493 g/mol. The van der Waals surface area contributed by atoms with Gasteiger partial charge in [-0.25, -0.2) is 4.39 Å². The third-order valence-corrected chi connectivity index (χ3v) is 6.58. The van der Waals surface area contributed by atoms with Gasteiger partial charge < -0.3 is 14.7 Å². The molecule has 3 heterocycles. The summed E-state index contributed by atoms with van der Waals surface area (Å²) in [6, 6.07) is 11.6. The van der Waals surface area contributed by atoms with Crippen LogP contribution in [0.3, 0.4) is 0 Å². The van der Waals surface area contributed by atoms with Crippen molar-refractivity contribution >= 4 is 5.91 Å². The van der Waals surface area contributed by atoms with Crippen LogP contribution in [0, 0.1) is 17.6 Å². The Kier molecular flexibility index (Phi) is 5.99. The van der Waals surface area contributed by atoms with E-state index in [4.69, 9.17) is 4.74 Å². The van der Waals surface area contributed by atoms with Crippen molar-refractivity contribution in [3.8, 4) is 11.5 Å². The Hall–Kier alpha value is -4.14. The van der Waals surface area contributed by atoms with Crippen molar-refractivity contribution in [3.05, 3.63) is 106 Å². The highest BCUT2D eigenvalue weighted by Crippen LogP contribution is 2.39. The van der Waals surface area contributed by atoms with Gasteiger partial charge in [0.2, 0.25) is 11.2 Å². The van der Waals surface area contributed by atoms with Crippen molar-refractivity contribution in [2.45, 2.75) is 25.9 Å². The normalized spacial score (nSPS) is 20.3. The van der Waals surface area contributed by atoms with Gasteiger partial charge in [0.05, 0.1) is 6.04 Å². The number of nitrogens with zero attached hydrogens (tertiary/aromatic N) is 3. The van der Waals surface area contributed by atoms with Crippen molar-refractivity contribution in [1.29, 1.82) is 0 Å². The molecule has 0 spiro atoms. The lowest BCUT2D eigenvalue weighted by molar-refractivity contribution is 0.0588. The minimum atomic E-state index is -1.12. The highest BCUT2D eigenvalue weighted by Gasteiger charge is 2.40. The average molecular weight is 494 g/mol. The quantitative estimate of drug-likeness (QED) is 0.548. The molecule has 2 aromatic carbocycles. The lowest BCUT2D eigenvalue weighted by atomic mass is 9.96. The van der Waals surface area contributed by atoms with Crippen LogP contribution in [0.25, 0.3) is 0 Å². The third-order valence-electron chi connectivity index (χ3n) is 6.58. The molecule has 0 aliphatic carbocycles. The van der Waals surface area contributed by atoms with Gasteiger partial charge in [0.1, 0.15) is 19.3 Å². The minimum Gasteiger partial charge on any atom is -0.502 e. The standard InChI is InChI=1S/C27H25F2N3O4/c1-16(2)20-9-6-14-36-26-18(10-11-19(28)22(26)29)23(17-7-4-3-5-8-17)32-15-30(20)27(35)24-25(34)21(33)12-13-31(24)32/h3-13,16,20,23,34H,14-15H2,1-2H3/b9-6-/t20-,23+/m1/s1. The van der Waals surface area contributed by atoms with Gasteiger partial charge in [-0.2, -0.15) is 4.39 Å². The Morgan fingerprint density at radius 2 is 1.81 bits per heavy atom. The topological polar surface area (TPSA) is 75.0 Å². The summed E-state index contributed by atoms with van der Waals surface area (Å²) in [5.74, 6) is -3.63. The summed E-state index contributed by atoms with van der Waals surface area (Å²) in [5, 5.41) is 12.4. The van der Waals surface area contributed by atoms with Crippen LogP contribution >= 0.6 is 0 Å². The molecule has 0 saturated heterocycles. The van der Waals surface area contributed by atoms with Crippen LogP contribution < -0.4 is 15.2 Å². The van der Waals surface area contributed by atoms with Gasteiger partial charge in [-0.3, -0.25) is 19.3 Å². The number of ether oxygens (including phenoxy) is 1. The van der Waals surface area contributed by atoms with E-state index in [9.17, 15) is 19.1 Å². The number of carbonyl (C=O) groups excluding carboxylic acids is 1. The van der Waals surface area contributed by atoms with E-state index >= 15 is 4.39 Å². The maximum absolute atomic E-state index is 15.1. The SMILES string of the molecule is CC(C)[C@H]1/C=C\COc2c(ccc(F)c2F)[C@H](c2ccccc2)N2CN1C(=O)c1c(O)c(=O)ccn12. The Morgan fingerprint density at radius 3 is 2.53 bits per heavy atom. The Labute approximate surface area is 206 Å². The maximum Gasteiger partial charge on any atom is 0.278 e. The number of halogens is 2. The van der Waals surface area contributed by atoms with Gasteiger partial charge in [-0.05, 0) is 29.7 Å². The van der Waals surface area contributed by atoms with Gasteiger partial charge in [-0.1, -0.05) is 50.3 Å². The second-order valence-electron chi connectivity index (χ2n) is 9.14. The smallest absolute Gasteiger partial charge is 0.278 e. The van der Waals surface area contributed by atoms with Crippen LogP contribution in [-0.4, -0.2) is 39.9 Å². The van der Waals surface area contributed by atoms with Crippen LogP contribution in [0.5, 0.6) is 11.5 Å². The first kappa shape index (κ1) is 23.6. The van der Waals surface area contributed by atoms with Gasteiger partial charge >= 0.3 is 0 Å². The molecule has 0 radical (unpaired) electrons. The highest BCUT2D eigenvalue weighted by molar-refractivity contribution is 5.96. The van der Waals surface area contributed by atoms with Crippen molar-refractivity contribution in [2.75, 3.05) is 18.3 Å². The first-order chi connectivity index (χ1) is 17.3. The summed E-state index contributed by atoms with van der Waals surface area (Å²) < 4.78 is 36.6. The first-order valence-corrected chi connectivity index (χ1v) is 11.6. The molecule has 5 rings (SSSR count). The van der Waals surface area contributed by atoms with E-state index in [1.165, 1.54) is 16.9 Å². The van der Waals surface area contributed by atoms with Gasteiger partial charge in [-0.15, -0.1) is 0 Å². The van der Waals surface area contributed by atoms with E-state index in [1.54, 1.807) is 22.1 Å². The molecule has 0 fully saturated rings. The van der Waals surface area contributed by atoms with Gasteiger partial charge in [0.15, 0.2) is 23.0 Å². The molecule has 2 aliphatic heterocycles. The highest BCUT2D eigenvalue weighted by atomic mass is 19.2. The molecule has 0 unspecified atom stereocenters. The minimum absolute atomic E-state index is 0.0383. The third kappa shape index (κ3) is 3.80. The first-order valence-electron chi connectivity index (χ1n) is 11.6. The van der Waals surface area contributed by atoms with Crippen LogP contribution in [0.1, 0.15) is 41.5 Å². The number of amides is 1. The Morgan fingerprint density at radius 1 is 1.06 bits per heavy atom. The summed E-state index contributed by atoms with van der Waals surface area (Å²) in [5.41, 5.74) is 0.151. The van der Waals surface area contributed by atoms with E-state index < -0.39 is 40.8 Å². The molecule has 1 aromatic heterocycles. The summed E-state index contributed by atoms with van der Waals surface area (Å²) in [4.78, 5) is 27.6. The number of aromatic nitrogens is 1. The number of rotatable bonds is 2. The number of fused-ring (bicyclic) bond motifs is 5. The number of carbonyl (C=O) groups is 1. The summed E-state index contributed by atoms with van der Waals surface area (Å²) in [6.45, 7) is 3.88. The average Bonchev–Trinajstić information content (AvgIpc) is 2.89. The predicted molar refractivity (Wildman–Crippen MR) is 130 cm³/mol. The van der Waals surface area contributed by atoms with Crippen LogP contribution in [0.4, 0.5) is 8.78 Å². The summed E-state index contributed by atoms with van der Waals surface area (Å²) in [6.07, 6.45) is 4.84. The van der Waals surface area contributed by atoms with Crippen molar-refractivity contribution in [1.82, 2.24) is 9.58 Å². The van der Waals surface area contributed by atoms with Crippen LogP contribution in [0.2, 0.25) is 0 Å². The summed E-state index contributed by atoms with van der Waals surface area (Å²) in [7, 11) is 0. The lowest BCUT2D eigenvalue weighted by Crippen LogP contribution is -2.58. The van der Waals surface area contributed by atoms with E-state index in [-0.39, 0.29) is 30.6 Å². The van der Waals surface area contributed by atoms with Gasteiger partial charge in [0, 0.05) is 17.8 Å². The largest absolute Gasteiger partial charge is 0.502 e. The zero-order valence-electron chi connectivity index (χ0n) is 19.8.